The van der Waals surface area contributed by atoms with Crippen LogP contribution in [0.5, 0.6) is 0 Å². The maximum absolute atomic E-state index is 13.6. The van der Waals surface area contributed by atoms with Crippen LogP contribution in [0.3, 0.4) is 0 Å². The minimum Gasteiger partial charge on any atom is -0.478 e. The van der Waals surface area contributed by atoms with Gasteiger partial charge < -0.3 is 10.0 Å². The van der Waals surface area contributed by atoms with Crippen LogP contribution in [0.2, 0.25) is 0 Å². The van der Waals surface area contributed by atoms with Crippen LogP contribution < -0.4 is 0 Å². The average molecular weight is 266 g/mol. The fraction of sp³-hybridized carbons (Fsp3) is 0.500. The van der Waals surface area contributed by atoms with Crippen molar-refractivity contribution in [1.29, 1.82) is 0 Å². The highest BCUT2D eigenvalue weighted by Gasteiger charge is 2.21. The molecule has 5 heteroatoms. The Balaban J connectivity index is 2.04. The SMILES string of the molecule is CC1CN(Cc2ccc(C(=O)O)c(F)c2)CCN1C. The second-order valence-electron chi connectivity index (χ2n) is 5.18. The normalized spacial score (nSPS) is 21.5. The molecule has 1 fully saturated rings. The van der Waals surface area contributed by atoms with Gasteiger partial charge in [-0.15, -0.1) is 0 Å². The van der Waals surface area contributed by atoms with Gasteiger partial charge in [-0.25, -0.2) is 9.18 Å². The van der Waals surface area contributed by atoms with E-state index in [0.717, 1.165) is 25.2 Å². The first-order chi connectivity index (χ1) is 8.97. The quantitative estimate of drug-likeness (QED) is 0.903. The van der Waals surface area contributed by atoms with Gasteiger partial charge in [-0.1, -0.05) is 6.07 Å². The molecule has 2 rings (SSSR count). The van der Waals surface area contributed by atoms with Gasteiger partial charge in [-0.2, -0.15) is 0 Å². The fourth-order valence-corrected chi connectivity index (χ4v) is 2.36. The lowest BCUT2D eigenvalue weighted by Crippen LogP contribution is -2.49. The van der Waals surface area contributed by atoms with Crippen molar-refractivity contribution in [3.05, 3.63) is 35.1 Å². The lowest BCUT2D eigenvalue weighted by molar-refractivity contribution is 0.0691. The van der Waals surface area contributed by atoms with Crippen LogP contribution in [0.1, 0.15) is 22.8 Å². The summed E-state index contributed by atoms with van der Waals surface area (Å²) in [5, 5.41) is 8.79. The van der Waals surface area contributed by atoms with E-state index in [9.17, 15) is 9.18 Å². The number of hydrogen-bond acceptors (Lipinski definition) is 3. The van der Waals surface area contributed by atoms with E-state index in [1.807, 2.05) is 0 Å². The predicted molar refractivity (Wildman–Crippen MR) is 70.7 cm³/mol. The lowest BCUT2D eigenvalue weighted by atomic mass is 10.1. The molecule has 0 bridgehead atoms. The molecule has 1 aromatic carbocycles. The predicted octanol–water partition coefficient (Wildman–Crippen LogP) is 1.66. The van der Waals surface area contributed by atoms with E-state index in [1.54, 1.807) is 6.07 Å². The van der Waals surface area contributed by atoms with Crippen LogP contribution >= 0.6 is 0 Å². The van der Waals surface area contributed by atoms with Gasteiger partial charge in [0, 0.05) is 32.2 Å². The summed E-state index contributed by atoms with van der Waals surface area (Å²) in [6.45, 7) is 5.72. The fourth-order valence-electron chi connectivity index (χ4n) is 2.36. The highest BCUT2D eigenvalue weighted by Crippen LogP contribution is 2.15. The van der Waals surface area contributed by atoms with Crippen molar-refractivity contribution in [2.45, 2.75) is 19.5 Å². The van der Waals surface area contributed by atoms with E-state index in [4.69, 9.17) is 5.11 Å². The summed E-state index contributed by atoms with van der Waals surface area (Å²) >= 11 is 0. The third-order valence-corrected chi connectivity index (χ3v) is 3.71. The summed E-state index contributed by atoms with van der Waals surface area (Å²) in [5.41, 5.74) is 0.551. The Kier molecular flexibility index (Phi) is 4.17. The summed E-state index contributed by atoms with van der Waals surface area (Å²) in [6.07, 6.45) is 0. The Labute approximate surface area is 112 Å². The molecule has 0 aliphatic carbocycles. The molecule has 1 aromatic rings. The van der Waals surface area contributed by atoms with Gasteiger partial charge in [0.05, 0.1) is 5.56 Å². The van der Waals surface area contributed by atoms with Crippen molar-refractivity contribution in [2.75, 3.05) is 26.7 Å². The molecule has 1 N–H and O–H groups in total. The third-order valence-electron chi connectivity index (χ3n) is 3.71. The summed E-state index contributed by atoms with van der Waals surface area (Å²) in [6, 6.07) is 4.84. The molecule has 19 heavy (non-hydrogen) atoms. The molecule has 1 aliphatic rings. The van der Waals surface area contributed by atoms with Crippen molar-refractivity contribution in [3.8, 4) is 0 Å². The van der Waals surface area contributed by atoms with Gasteiger partial charge in [-0.3, -0.25) is 4.90 Å². The number of carbonyl (C=O) groups is 1. The Morgan fingerprint density at radius 3 is 2.79 bits per heavy atom. The molecule has 1 saturated heterocycles. The standard InChI is InChI=1S/C14H19FN2O2/c1-10-8-17(6-5-16(10)2)9-11-3-4-12(14(18)19)13(15)7-11/h3-4,7,10H,5-6,8-9H2,1-2H3,(H,18,19). The smallest absolute Gasteiger partial charge is 0.338 e. The number of aromatic carboxylic acids is 1. The molecule has 0 aromatic heterocycles. The van der Waals surface area contributed by atoms with E-state index >= 15 is 0 Å². The number of likely N-dealkylation sites (N-methyl/N-ethyl adjacent to an activating group) is 1. The number of carboxylic acids is 1. The maximum atomic E-state index is 13.6. The number of piperazine rings is 1. The van der Waals surface area contributed by atoms with E-state index in [1.165, 1.54) is 12.1 Å². The Morgan fingerprint density at radius 2 is 2.21 bits per heavy atom. The molecule has 0 radical (unpaired) electrons. The minimum atomic E-state index is -1.22. The molecule has 1 atom stereocenters. The molecule has 4 nitrogen and oxygen atoms in total. The number of nitrogens with zero attached hydrogens (tertiary/aromatic N) is 2. The van der Waals surface area contributed by atoms with E-state index in [-0.39, 0.29) is 5.56 Å². The van der Waals surface area contributed by atoms with Crippen molar-refractivity contribution >= 4 is 5.97 Å². The number of benzene rings is 1. The van der Waals surface area contributed by atoms with Gasteiger partial charge in [0.2, 0.25) is 0 Å². The molecule has 0 spiro atoms. The zero-order valence-electron chi connectivity index (χ0n) is 11.3. The second kappa shape index (κ2) is 5.67. The first kappa shape index (κ1) is 14.0. The highest BCUT2D eigenvalue weighted by atomic mass is 19.1. The van der Waals surface area contributed by atoms with Gasteiger partial charge >= 0.3 is 5.97 Å². The zero-order valence-corrected chi connectivity index (χ0v) is 11.3. The highest BCUT2D eigenvalue weighted by molar-refractivity contribution is 5.87. The average Bonchev–Trinajstić information content (AvgIpc) is 2.33. The number of halogens is 1. The monoisotopic (exact) mass is 266 g/mol. The van der Waals surface area contributed by atoms with Crippen LogP contribution in [-0.2, 0) is 6.54 Å². The van der Waals surface area contributed by atoms with Gasteiger partial charge in [0.1, 0.15) is 5.82 Å². The van der Waals surface area contributed by atoms with Gasteiger partial charge in [-0.05, 0) is 31.7 Å². The Morgan fingerprint density at radius 1 is 1.47 bits per heavy atom. The number of rotatable bonds is 3. The van der Waals surface area contributed by atoms with Crippen LogP contribution in [0.4, 0.5) is 4.39 Å². The van der Waals surface area contributed by atoms with Crippen molar-refractivity contribution in [2.24, 2.45) is 0 Å². The van der Waals surface area contributed by atoms with Crippen LogP contribution in [0.25, 0.3) is 0 Å². The first-order valence-electron chi connectivity index (χ1n) is 6.41. The molecule has 0 saturated carbocycles. The molecular formula is C14H19FN2O2. The van der Waals surface area contributed by atoms with E-state index in [0.29, 0.717) is 12.6 Å². The Hall–Kier alpha value is -1.46. The van der Waals surface area contributed by atoms with Crippen molar-refractivity contribution < 1.29 is 14.3 Å². The summed E-state index contributed by atoms with van der Waals surface area (Å²) < 4.78 is 13.6. The Bertz CT molecular complexity index is 479. The minimum absolute atomic E-state index is 0.268. The van der Waals surface area contributed by atoms with Gasteiger partial charge in [0.25, 0.3) is 0 Å². The molecule has 1 aliphatic heterocycles. The van der Waals surface area contributed by atoms with Crippen LogP contribution in [0, 0.1) is 5.82 Å². The van der Waals surface area contributed by atoms with Crippen molar-refractivity contribution in [1.82, 2.24) is 9.80 Å². The van der Waals surface area contributed by atoms with Crippen LogP contribution in [-0.4, -0.2) is 53.6 Å². The summed E-state index contributed by atoms with van der Waals surface area (Å²) in [5.74, 6) is -1.88. The number of carboxylic acid groups (broad SMARTS) is 1. The number of hydrogen-bond donors (Lipinski definition) is 1. The van der Waals surface area contributed by atoms with Crippen molar-refractivity contribution in [3.63, 3.8) is 0 Å². The maximum Gasteiger partial charge on any atom is 0.338 e. The van der Waals surface area contributed by atoms with Crippen LogP contribution in [0.15, 0.2) is 18.2 Å². The summed E-state index contributed by atoms with van der Waals surface area (Å²) in [4.78, 5) is 15.3. The summed E-state index contributed by atoms with van der Waals surface area (Å²) in [7, 11) is 2.10. The first-order valence-corrected chi connectivity index (χ1v) is 6.41. The molecule has 104 valence electrons. The van der Waals surface area contributed by atoms with E-state index < -0.39 is 11.8 Å². The molecule has 1 heterocycles. The van der Waals surface area contributed by atoms with Gasteiger partial charge in [0.15, 0.2) is 0 Å². The topological polar surface area (TPSA) is 43.8 Å². The molecular weight excluding hydrogens is 247 g/mol. The largest absolute Gasteiger partial charge is 0.478 e. The molecule has 1 unspecified atom stereocenters. The third kappa shape index (κ3) is 3.30. The molecule has 0 amide bonds. The lowest BCUT2D eigenvalue weighted by Gasteiger charge is -2.37. The second-order valence-corrected chi connectivity index (χ2v) is 5.18. The zero-order chi connectivity index (χ0) is 14.0. The van der Waals surface area contributed by atoms with E-state index in [2.05, 4.69) is 23.8 Å².